The molecule has 31 heavy (non-hydrogen) atoms. The third-order valence-electron chi connectivity index (χ3n) is 6.43. The van der Waals surface area contributed by atoms with Crippen molar-refractivity contribution in [3.63, 3.8) is 0 Å². The molecule has 0 aliphatic carbocycles. The van der Waals surface area contributed by atoms with Gasteiger partial charge >= 0.3 is 0 Å². The zero-order chi connectivity index (χ0) is 21.4. The topological polar surface area (TPSA) is 61.4 Å². The van der Waals surface area contributed by atoms with E-state index in [-0.39, 0.29) is 29.5 Å². The highest BCUT2D eigenvalue weighted by Gasteiger charge is 2.34. The summed E-state index contributed by atoms with van der Waals surface area (Å²) in [6.07, 6.45) is 4.36. The Labute approximate surface area is 205 Å². The summed E-state index contributed by atoms with van der Waals surface area (Å²) < 4.78 is 11.0. The highest BCUT2D eigenvalue weighted by Crippen LogP contribution is 2.27. The molecule has 0 radical (unpaired) electrons. The lowest BCUT2D eigenvalue weighted by molar-refractivity contribution is -0.00255. The first kappa shape index (κ1) is 26.0. The van der Waals surface area contributed by atoms with Crippen LogP contribution in [0.3, 0.4) is 0 Å². The Balaban J connectivity index is 0.00000341. The van der Waals surface area contributed by atoms with Crippen molar-refractivity contribution in [1.29, 1.82) is 0 Å². The molecular weight excluding hydrogens is 505 g/mol. The summed E-state index contributed by atoms with van der Waals surface area (Å²) in [6.45, 7) is 7.43. The number of ether oxygens (including phenoxy) is 2. The molecule has 8 heteroatoms. The maximum absolute atomic E-state index is 5.60. The van der Waals surface area contributed by atoms with Crippen molar-refractivity contribution in [2.45, 2.75) is 44.2 Å². The number of guanidine groups is 1. The second-order valence-electron chi connectivity index (χ2n) is 8.56. The van der Waals surface area contributed by atoms with Gasteiger partial charge in [0.2, 0.25) is 0 Å². The lowest BCUT2D eigenvalue weighted by Gasteiger charge is -2.42. The summed E-state index contributed by atoms with van der Waals surface area (Å²) in [6, 6.07) is 8.71. The minimum Gasteiger partial charge on any atom is -0.497 e. The number of nitrogens with zero attached hydrogens (tertiary/aromatic N) is 3. The number of anilines is 1. The maximum atomic E-state index is 5.60. The average molecular weight is 546 g/mol. The summed E-state index contributed by atoms with van der Waals surface area (Å²) in [7, 11) is 6.04. The van der Waals surface area contributed by atoms with E-state index in [9.17, 15) is 0 Å². The number of nitrogens with one attached hydrogen (secondary N) is 2. The van der Waals surface area contributed by atoms with Crippen LogP contribution in [0.15, 0.2) is 29.3 Å². The van der Waals surface area contributed by atoms with Crippen molar-refractivity contribution >= 4 is 35.6 Å². The number of piperidine rings is 1. The van der Waals surface area contributed by atoms with E-state index in [1.807, 2.05) is 6.07 Å². The van der Waals surface area contributed by atoms with Crippen molar-refractivity contribution < 1.29 is 9.47 Å². The zero-order valence-electron chi connectivity index (χ0n) is 19.5. The van der Waals surface area contributed by atoms with Crippen LogP contribution in [0.5, 0.6) is 5.75 Å². The Bertz CT molecular complexity index is 694. The quantitative estimate of drug-likeness (QED) is 0.312. The molecule has 2 N–H and O–H groups in total. The molecule has 1 atom stereocenters. The first-order chi connectivity index (χ1) is 14.6. The Kier molecular flexibility index (Phi) is 10.6. The molecule has 7 nitrogen and oxygen atoms in total. The number of likely N-dealkylation sites (N-methyl/N-ethyl adjacent to an activating group) is 1. The number of methoxy groups -OCH3 is 1. The predicted molar refractivity (Wildman–Crippen MR) is 139 cm³/mol. The number of rotatable bonds is 7. The van der Waals surface area contributed by atoms with Crippen LogP contribution in [0.2, 0.25) is 0 Å². The van der Waals surface area contributed by atoms with Gasteiger partial charge in [0.15, 0.2) is 5.96 Å². The SMILES string of the molecule is CCNC(=NCC1(N(C)C)CCOCC1)NC1CCCN(c2cccc(OC)c2)C1.I. The van der Waals surface area contributed by atoms with Gasteiger partial charge < -0.3 is 29.9 Å². The minimum atomic E-state index is 0. The van der Waals surface area contributed by atoms with E-state index >= 15 is 0 Å². The lowest BCUT2D eigenvalue weighted by atomic mass is 9.89. The Morgan fingerprint density at radius 1 is 1.32 bits per heavy atom. The fourth-order valence-corrected chi connectivity index (χ4v) is 4.37. The van der Waals surface area contributed by atoms with Gasteiger partial charge in [-0.25, -0.2) is 0 Å². The van der Waals surface area contributed by atoms with E-state index in [0.29, 0.717) is 6.04 Å². The van der Waals surface area contributed by atoms with Gasteiger partial charge in [-0.2, -0.15) is 0 Å². The Hall–Kier alpha value is -1.26. The zero-order valence-corrected chi connectivity index (χ0v) is 21.9. The second-order valence-corrected chi connectivity index (χ2v) is 8.56. The minimum absolute atomic E-state index is 0. The van der Waals surface area contributed by atoms with E-state index in [1.54, 1.807) is 7.11 Å². The lowest BCUT2D eigenvalue weighted by Crippen LogP contribution is -2.53. The standard InChI is InChI=1S/C23H39N5O2.HI/c1-5-24-22(25-18-23(27(2)3)11-14-30-15-12-23)26-19-8-7-13-28(17-19)20-9-6-10-21(16-20)29-4;/h6,9-10,16,19H,5,7-8,11-15,17-18H2,1-4H3,(H2,24,25,26);1H. The van der Waals surface area contributed by atoms with Crippen LogP contribution in [0, 0.1) is 0 Å². The van der Waals surface area contributed by atoms with Crippen molar-refractivity contribution in [3.8, 4) is 5.75 Å². The molecule has 2 heterocycles. The molecule has 0 amide bonds. The fourth-order valence-electron chi connectivity index (χ4n) is 4.37. The predicted octanol–water partition coefficient (Wildman–Crippen LogP) is 2.95. The molecule has 1 unspecified atom stereocenters. The normalized spacial score (nSPS) is 21.4. The van der Waals surface area contributed by atoms with Crippen molar-refractivity contribution in [3.05, 3.63) is 24.3 Å². The first-order valence-electron chi connectivity index (χ1n) is 11.3. The van der Waals surface area contributed by atoms with E-state index in [1.165, 1.54) is 5.69 Å². The molecule has 0 bridgehead atoms. The molecule has 1 aromatic carbocycles. The van der Waals surface area contributed by atoms with Crippen LogP contribution >= 0.6 is 24.0 Å². The highest BCUT2D eigenvalue weighted by molar-refractivity contribution is 14.0. The summed E-state index contributed by atoms with van der Waals surface area (Å²) in [5, 5.41) is 7.15. The smallest absolute Gasteiger partial charge is 0.191 e. The summed E-state index contributed by atoms with van der Waals surface area (Å²) >= 11 is 0. The summed E-state index contributed by atoms with van der Waals surface area (Å²) in [5.74, 6) is 1.82. The summed E-state index contributed by atoms with van der Waals surface area (Å²) in [5.41, 5.74) is 1.30. The van der Waals surface area contributed by atoms with Crippen LogP contribution in [0.4, 0.5) is 5.69 Å². The van der Waals surface area contributed by atoms with E-state index in [0.717, 1.165) is 76.8 Å². The summed E-state index contributed by atoms with van der Waals surface area (Å²) in [4.78, 5) is 9.77. The van der Waals surface area contributed by atoms with Gasteiger partial charge in [0.25, 0.3) is 0 Å². The van der Waals surface area contributed by atoms with E-state index < -0.39 is 0 Å². The fraction of sp³-hybridized carbons (Fsp3) is 0.696. The Morgan fingerprint density at radius 3 is 2.77 bits per heavy atom. The van der Waals surface area contributed by atoms with E-state index in [4.69, 9.17) is 14.5 Å². The van der Waals surface area contributed by atoms with Gasteiger partial charge in [0, 0.05) is 56.2 Å². The molecule has 1 aromatic rings. The highest BCUT2D eigenvalue weighted by atomic mass is 127. The van der Waals surface area contributed by atoms with Gasteiger partial charge in [-0.3, -0.25) is 4.99 Å². The van der Waals surface area contributed by atoms with Crippen molar-refractivity contribution in [2.24, 2.45) is 4.99 Å². The van der Waals surface area contributed by atoms with Crippen LogP contribution in [0.25, 0.3) is 0 Å². The largest absolute Gasteiger partial charge is 0.497 e. The van der Waals surface area contributed by atoms with Gasteiger partial charge in [0.1, 0.15) is 5.75 Å². The number of aliphatic imine (C=N–C) groups is 1. The van der Waals surface area contributed by atoms with Gasteiger partial charge in [-0.1, -0.05) is 6.07 Å². The monoisotopic (exact) mass is 545 g/mol. The molecule has 0 aromatic heterocycles. The van der Waals surface area contributed by atoms with Crippen LogP contribution in [0.1, 0.15) is 32.6 Å². The molecule has 3 rings (SSSR count). The number of halogens is 1. The molecule has 2 aliphatic heterocycles. The van der Waals surface area contributed by atoms with Crippen molar-refractivity contribution in [2.75, 3.05) is 65.5 Å². The van der Waals surface area contributed by atoms with Gasteiger partial charge in [-0.05, 0) is 58.8 Å². The molecule has 2 saturated heterocycles. The van der Waals surface area contributed by atoms with E-state index in [2.05, 4.69) is 59.7 Å². The number of hydrogen-bond donors (Lipinski definition) is 2. The average Bonchev–Trinajstić information content (AvgIpc) is 2.78. The second kappa shape index (κ2) is 12.7. The molecule has 2 aliphatic rings. The molecule has 176 valence electrons. The molecular formula is C23H40IN5O2. The molecule has 2 fully saturated rings. The number of benzene rings is 1. The number of hydrogen-bond acceptors (Lipinski definition) is 5. The van der Waals surface area contributed by atoms with Crippen LogP contribution in [-0.2, 0) is 4.74 Å². The first-order valence-corrected chi connectivity index (χ1v) is 11.3. The third kappa shape index (κ3) is 7.12. The van der Waals surface area contributed by atoms with Gasteiger partial charge in [0.05, 0.1) is 13.7 Å². The molecule has 0 saturated carbocycles. The van der Waals surface area contributed by atoms with Gasteiger partial charge in [-0.15, -0.1) is 24.0 Å². The molecule has 0 spiro atoms. The maximum Gasteiger partial charge on any atom is 0.191 e. The van der Waals surface area contributed by atoms with Crippen molar-refractivity contribution in [1.82, 2.24) is 15.5 Å². The Morgan fingerprint density at radius 2 is 2.10 bits per heavy atom. The third-order valence-corrected chi connectivity index (χ3v) is 6.43. The van der Waals surface area contributed by atoms with Crippen LogP contribution in [-0.4, -0.2) is 83.0 Å². The van der Waals surface area contributed by atoms with Crippen LogP contribution < -0.4 is 20.3 Å².